The molecule has 1 fully saturated rings. The molecule has 0 saturated carbocycles. The first-order valence-electron chi connectivity index (χ1n) is 11.4. The highest BCUT2D eigenvalue weighted by Gasteiger charge is 2.25. The van der Waals surface area contributed by atoms with Crippen LogP contribution in [0.4, 0.5) is 10.5 Å². The number of fused-ring (bicyclic) bond motifs is 1. The fraction of sp³-hybridized carbons (Fsp3) is 0.320. The van der Waals surface area contributed by atoms with Gasteiger partial charge in [0.2, 0.25) is 0 Å². The highest BCUT2D eigenvalue weighted by molar-refractivity contribution is 5.76. The third-order valence-corrected chi connectivity index (χ3v) is 6.24. The van der Waals surface area contributed by atoms with Crippen LogP contribution in [0.1, 0.15) is 17.2 Å². The molecule has 1 atom stereocenters. The highest BCUT2D eigenvalue weighted by atomic mass is 16.6. The summed E-state index contributed by atoms with van der Waals surface area (Å²) in [5, 5.41) is 19.1. The predicted molar refractivity (Wildman–Crippen MR) is 129 cm³/mol. The first-order chi connectivity index (χ1) is 16.5. The van der Waals surface area contributed by atoms with Crippen molar-refractivity contribution in [1.29, 1.82) is 0 Å². The fourth-order valence-electron chi connectivity index (χ4n) is 4.21. The number of carbonyl (C=O) groups is 1. The number of aryl methyl sites for hydroxylation is 2. The Kier molecular flexibility index (Phi) is 5.93. The van der Waals surface area contributed by atoms with Crippen molar-refractivity contribution in [3.63, 3.8) is 0 Å². The van der Waals surface area contributed by atoms with Crippen LogP contribution >= 0.6 is 0 Å². The number of anilines is 1. The Morgan fingerprint density at radius 1 is 1.00 bits per heavy atom. The van der Waals surface area contributed by atoms with Gasteiger partial charge in [-0.05, 0) is 18.6 Å². The maximum absolute atomic E-state index is 12.5. The van der Waals surface area contributed by atoms with E-state index in [0.29, 0.717) is 26.2 Å². The Hall–Kier alpha value is -3.85. The van der Waals surface area contributed by atoms with Crippen LogP contribution in [0.3, 0.4) is 0 Å². The molecule has 1 aliphatic heterocycles. The second-order valence-electron chi connectivity index (χ2n) is 8.66. The molecule has 1 saturated heterocycles. The minimum Gasteiger partial charge on any atom is -0.446 e. The number of aliphatic hydroxyl groups is 1. The number of aromatic nitrogens is 4. The minimum atomic E-state index is -0.832. The number of piperazine rings is 1. The van der Waals surface area contributed by atoms with E-state index in [-0.39, 0.29) is 6.61 Å². The number of hydrogen-bond acceptors (Lipinski definition) is 6. The number of pyridine rings is 1. The van der Waals surface area contributed by atoms with Gasteiger partial charge < -0.3 is 19.6 Å². The number of amides is 1. The Morgan fingerprint density at radius 2 is 1.76 bits per heavy atom. The summed E-state index contributed by atoms with van der Waals surface area (Å²) in [4.78, 5) is 16.4. The zero-order valence-corrected chi connectivity index (χ0v) is 19.3. The molecule has 4 heterocycles. The van der Waals surface area contributed by atoms with Gasteiger partial charge in [-0.2, -0.15) is 10.2 Å². The van der Waals surface area contributed by atoms with E-state index < -0.39 is 12.2 Å². The number of benzene rings is 1. The van der Waals surface area contributed by atoms with Crippen molar-refractivity contribution >= 4 is 17.3 Å². The van der Waals surface area contributed by atoms with E-state index in [1.165, 1.54) is 0 Å². The molecule has 0 aliphatic carbocycles. The summed E-state index contributed by atoms with van der Waals surface area (Å²) in [6, 6.07) is 11.7. The smallest absolute Gasteiger partial charge is 0.409 e. The molecule has 0 bridgehead atoms. The van der Waals surface area contributed by atoms with Crippen LogP contribution in [0.2, 0.25) is 0 Å². The van der Waals surface area contributed by atoms with Crippen LogP contribution in [0.15, 0.2) is 61.2 Å². The third-order valence-electron chi connectivity index (χ3n) is 6.24. The molecule has 1 aromatic carbocycles. The van der Waals surface area contributed by atoms with Gasteiger partial charge in [0, 0.05) is 56.7 Å². The van der Waals surface area contributed by atoms with Crippen molar-refractivity contribution in [2.45, 2.75) is 13.0 Å². The lowest BCUT2D eigenvalue weighted by atomic mass is 10.1. The zero-order chi connectivity index (χ0) is 23.7. The van der Waals surface area contributed by atoms with E-state index in [4.69, 9.17) is 4.74 Å². The van der Waals surface area contributed by atoms with Gasteiger partial charge in [0.25, 0.3) is 0 Å². The summed E-state index contributed by atoms with van der Waals surface area (Å²) in [7, 11) is 1.90. The largest absolute Gasteiger partial charge is 0.446 e. The van der Waals surface area contributed by atoms with Gasteiger partial charge in [-0.1, -0.05) is 35.9 Å². The Labute approximate surface area is 197 Å². The van der Waals surface area contributed by atoms with E-state index >= 15 is 0 Å². The van der Waals surface area contributed by atoms with Gasteiger partial charge >= 0.3 is 6.09 Å². The first-order valence-corrected chi connectivity index (χ1v) is 11.4. The SMILES string of the molecule is Cc1ccc(C(O)COC(=O)N2CCN(c3cnn4cc(-c5cnn(C)c5)ccc34)CC2)cc1. The molecule has 9 heteroatoms. The van der Waals surface area contributed by atoms with Gasteiger partial charge in [0.15, 0.2) is 0 Å². The van der Waals surface area contributed by atoms with Gasteiger partial charge in [-0.15, -0.1) is 0 Å². The molecule has 9 nitrogen and oxygen atoms in total. The summed E-state index contributed by atoms with van der Waals surface area (Å²) < 4.78 is 9.04. The van der Waals surface area contributed by atoms with Crippen molar-refractivity contribution in [3.8, 4) is 11.1 Å². The van der Waals surface area contributed by atoms with Gasteiger partial charge in [-0.25, -0.2) is 9.31 Å². The summed E-state index contributed by atoms with van der Waals surface area (Å²) in [6.07, 6.45) is 6.46. The van der Waals surface area contributed by atoms with E-state index in [1.807, 2.05) is 67.5 Å². The predicted octanol–water partition coefficient (Wildman–Crippen LogP) is 3.04. The number of rotatable bonds is 5. The molecule has 0 spiro atoms. The van der Waals surface area contributed by atoms with Crippen LogP contribution < -0.4 is 4.90 Å². The molecule has 0 radical (unpaired) electrons. The van der Waals surface area contributed by atoms with E-state index in [0.717, 1.165) is 33.5 Å². The second-order valence-corrected chi connectivity index (χ2v) is 8.66. The highest BCUT2D eigenvalue weighted by Crippen LogP contribution is 2.26. The van der Waals surface area contributed by atoms with Crippen LogP contribution in [-0.4, -0.2) is 68.3 Å². The Bertz CT molecular complexity index is 1290. The molecule has 1 aliphatic rings. The molecule has 1 unspecified atom stereocenters. The molecule has 4 aromatic rings. The number of carbonyl (C=O) groups excluding carboxylic acids is 1. The maximum Gasteiger partial charge on any atom is 0.409 e. The summed E-state index contributed by atoms with van der Waals surface area (Å²) in [5.74, 6) is 0. The second kappa shape index (κ2) is 9.18. The molecular formula is C25H28N6O3. The molecule has 1 N–H and O–H groups in total. The molecular weight excluding hydrogens is 432 g/mol. The molecule has 1 amide bonds. The monoisotopic (exact) mass is 460 g/mol. The maximum atomic E-state index is 12.5. The van der Waals surface area contributed by atoms with Gasteiger partial charge in [0.1, 0.15) is 12.7 Å². The van der Waals surface area contributed by atoms with Crippen molar-refractivity contribution in [3.05, 3.63) is 72.3 Å². The van der Waals surface area contributed by atoms with Crippen molar-refractivity contribution in [1.82, 2.24) is 24.3 Å². The minimum absolute atomic E-state index is 0.0601. The molecule has 176 valence electrons. The summed E-state index contributed by atoms with van der Waals surface area (Å²) >= 11 is 0. The van der Waals surface area contributed by atoms with E-state index in [9.17, 15) is 9.90 Å². The van der Waals surface area contributed by atoms with Crippen molar-refractivity contribution < 1.29 is 14.6 Å². The van der Waals surface area contributed by atoms with Gasteiger partial charge in [0.05, 0.1) is 23.6 Å². The van der Waals surface area contributed by atoms with Crippen LogP contribution in [0, 0.1) is 6.92 Å². The average molecular weight is 461 g/mol. The number of nitrogens with zero attached hydrogens (tertiary/aromatic N) is 6. The zero-order valence-electron chi connectivity index (χ0n) is 19.3. The summed E-state index contributed by atoms with van der Waals surface area (Å²) in [5.41, 5.74) is 6.01. The van der Waals surface area contributed by atoms with Gasteiger partial charge in [-0.3, -0.25) is 4.68 Å². The molecule has 5 rings (SSSR count). The lowest BCUT2D eigenvalue weighted by Gasteiger charge is -2.35. The van der Waals surface area contributed by atoms with E-state index in [1.54, 1.807) is 9.58 Å². The number of hydrogen-bond donors (Lipinski definition) is 1. The first kappa shape index (κ1) is 22.0. The molecule has 3 aromatic heterocycles. The topological polar surface area (TPSA) is 88.1 Å². The number of ether oxygens (including phenoxy) is 1. The van der Waals surface area contributed by atoms with E-state index in [2.05, 4.69) is 27.2 Å². The number of aliphatic hydroxyl groups excluding tert-OH is 1. The van der Waals surface area contributed by atoms with Crippen LogP contribution in [0.5, 0.6) is 0 Å². The third kappa shape index (κ3) is 4.47. The fourth-order valence-corrected chi connectivity index (χ4v) is 4.21. The van der Waals surface area contributed by atoms with Crippen LogP contribution in [-0.2, 0) is 11.8 Å². The van der Waals surface area contributed by atoms with Crippen molar-refractivity contribution in [2.24, 2.45) is 7.05 Å². The standard InChI is InChI=1S/C25H28N6O3/c1-18-3-5-19(6-4-18)24(32)17-34-25(33)30-11-9-29(10-12-30)23-14-27-31-16-20(7-8-22(23)31)21-13-26-28(2)15-21/h3-8,13-16,24,32H,9-12,17H2,1-2H3. The normalized spacial score (nSPS) is 15.0. The van der Waals surface area contributed by atoms with Crippen molar-refractivity contribution in [2.75, 3.05) is 37.7 Å². The quantitative estimate of drug-likeness (QED) is 0.493. The molecule has 34 heavy (non-hydrogen) atoms. The summed E-state index contributed by atoms with van der Waals surface area (Å²) in [6.45, 7) is 4.38. The Morgan fingerprint density at radius 3 is 2.47 bits per heavy atom. The van der Waals surface area contributed by atoms with Crippen LogP contribution in [0.25, 0.3) is 16.6 Å². The lowest BCUT2D eigenvalue weighted by Crippen LogP contribution is -2.49. The average Bonchev–Trinajstić information content (AvgIpc) is 3.48. The Balaban J connectivity index is 1.18. The lowest BCUT2D eigenvalue weighted by molar-refractivity contribution is 0.0463.